The van der Waals surface area contributed by atoms with Crippen molar-refractivity contribution < 1.29 is 5.11 Å². The molecule has 0 spiro atoms. The third-order valence-electron chi connectivity index (χ3n) is 2.48. The fourth-order valence-electron chi connectivity index (χ4n) is 1.86. The van der Waals surface area contributed by atoms with Gasteiger partial charge in [0.1, 0.15) is 6.10 Å². The Balaban J connectivity index is 2.37. The lowest BCUT2D eigenvalue weighted by Gasteiger charge is -2.11. The van der Waals surface area contributed by atoms with E-state index in [-0.39, 0.29) is 0 Å². The SMILES string of the molecule is Cc1cc(C)cc(C(O)c2ccc[nH]2)c1. The molecule has 2 rings (SSSR count). The van der Waals surface area contributed by atoms with Crippen LogP contribution in [0.2, 0.25) is 0 Å². The van der Waals surface area contributed by atoms with Gasteiger partial charge in [0.2, 0.25) is 0 Å². The molecule has 15 heavy (non-hydrogen) atoms. The van der Waals surface area contributed by atoms with Crippen molar-refractivity contribution in [1.29, 1.82) is 0 Å². The summed E-state index contributed by atoms with van der Waals surface area (Å²) >= 11 is 0. The number of aromatic nitrogens is 1. The van der Waals surface area contributed by atoms with E-state index < -0.39 is 6.10 Å². The lowest BCUT2D eigenvalue weighted by Crippen LogP contribution is -2.00. The summed E-state index contributed by atoms with van der Waals surface area (Å²) in [7, 11) is 0. The molecule has 0 radical (unpaired) electrons. The van der Waals surface area contributed by atoms with E-state index in [4.69, 9.17) is 0 Å². The molecule has 1 aromatic heterocycles. The van der Waals surface area contributed by atoms with Crippen LogP contribution in [-0.4, -0.2) is 10.1 Å². The average Bonchev–Trinajstić information content (AvgIpc) is 2.67. The predicted molar refractivity (Wildman–Crippen MR) is 60.8 cm³/mol. The Hall–Kier alpha value is -1.54. The summed E-state index contributed by atoms with van der Waals surface area (Å²) in [5.74, 6) is 0. The van der Waals surface area contributed by atoms with E-state index in [1.165, 1.54) is 11.1 Å². The monoisotopic (exact) mass is 201 g/mol. The van der Waals surface area contributed by atoms with Crippen molar-refractivity contribution in [3.05, 3.63) is 58.9 Å². The molecule has 2 heteroatoms. The predicted octanol–water partition coefficient (Wildman–Crippen LogP) is 2.71. The molecule has 78 valence electrons. The van der Waals surface area contributed by atoms with Crippen LogP contribution < -0.4 is 0 Å². The van der Waals surface area contributed by atoms with Crippen LogP contribution in [0.25, 0.3) is 0 Å². The molecule has 1 aromatic carbocycles. The molecule has 0 saturated heterocycles. The molecule has 0 saturated carbocycles. The van der Waals surface area contributed by atoms with Gasteiger partial charge in [-0.2, -0.15) is 0 Å². The van der Waals surface area contributed by atoms with Crippen molar-refractivity contribution in [2.24, 2.45) is 0 Å². The smallest absolute Gasteiger partial charge is 0.119 e. The maximum Gasteiger partial charge on any atom is 0.119 e. The van der Waals surface area contributed by atoms with Crippen molar-refractivity contribution in [2.45, 2.75) is 20.0 Å². The average molecular weight is 201 g/mol. The molecule has 0 fully saturated rings. The summed E-state index contributed by atoms with van der Waals surface area (Å²) in [4.78, 5) is 3.02. The van der Waals surface area contributed by atoms with Gasteiger partial charge in [-0.15, -0.1) is 0 Å². The van der Waals surface area contributed by atoms with Crippen molar-refractivity contribution in [3.8, 4) is 0 Å². The van der Waals surface area contributed by atoms with Gasteiger partial charge in [0.25, 0.3) is 0 Å². The first-order chi connectivity index (χ1) is 7.16. The third kappa shape index (κ3) is 2.10. The highest BCUT2D eigenvalue weighted by Gasteiger charge is 2.11. The van der Waals surface area contributed by atoms with Crippen molar-refractivity contribution in [2.75, 3.05) is 0 Å². The van der Waals surface area contributed by atoms with Gasteiger partial charge in [-0.3, -0.25) is 0 Å². The zero-order chi connectivity index (χ0) is 10.8. The first-order valence-electron chi connectivity index (χ1n) is 5.06. The van der Waals surface area contributed by atoms with Gasteiger partial charge in [-0.25, -0.2) is 0 Å². The number of aryl methyl sites for hydroxylation is 2. The number of aliphatic hydroxyl groups is 1. The fraction of sp³-hybridized carbons (Fsp3) is 0.231. The minimum absolute atomic E-state index is 0.557. The van der Waals surface area contributed by atoms with E-state index in [9.17, 15) is 5.11 Å². The third-order valence-corrected chi connectivity index (χ3v) is 2.48. The van der Waals surface area contributed by atoms with E-state index >= 15 is 0 Å². The normalized spacial score (nSPS) is 12.7. The zero-order valence-electron chi connectivity index (χ0n) is 8.99. The minimum atomic E-state index is -0.557. The Bertz CT molecular complexity index is 425. The van der Waals surface area contributed by atoms with Crippen molar-refractivity contribution >= 4 is 0 Å². The molecule has 1 unspecified atom stereocenters. The lowest BCUT2D eigenvalue weighted by molar-refractivity contribution is 0.216. The Morgan fingerprint density at radius 3 is 2.33 bits per heavy atom. The number of H-pyrrole nitrogens is 1. The molecule has 2 aromatic rings. The number of aromatic amines is 1. The molecule has 0 aliphatic carbocycles. The molecule has 0 amide bonds. The zero-order valence-corrected chi connectivity index (χ0v) is 8.99. The van der Waals surface area contributed by atoms with Gasteiger partial charge in [0, 0.05) is 11.9 Å². The molecule has 0 bridgehead atoms. The molecular weight excluding hydrogens is 186 g/mol. The summed E-state index contributed by atoms with van der Waals surface area (Å²) in [6, 6.07) is 9.91. The lowest BCUT2D eigenvalue weighted by atomic mass is 10.0. The van der Waals surface area contributed by atoms with Crippen molar-refractivity contribution in [1.82, 2.24) is 4.98 Å². The van der Waals surface area contributed by atoms with Gasteiger partial charge < -0.3 is 10.1 Å². The largest absolute Gasteiger partial charge is 0.382 e. The summed E-state index contributed by atoms with van der Waals surface area (Å²) < 4.78 is 0. The summed E-state index contributed by atoms with van der Waals surface area (Å²) in [6.45, 7) is 4.08. The van der Waals surface area contributed by atoms with Gasteiger partial charge >= 0.3 is 0 Å². The van der Waals surface area contributed by atoms with Gasteiger partial charge in [0.05, 0.1) is 0 Å². The highest BCUT2D eigenvalue weighted by molar-refractivity contribution is 5.33. The molecule has 1 atom stereocenters. The van der Waals surface area contributed by atoms with Crippen LogP contribution in [0.1, 0.15) is 28.5 Å². The molecule has 0 aliphatic heterocycles. The number of aliphatic hydroxyl groups excluding tert-OH is 1. The number of hydrogen-bond donors (Lipinski definition) is 2. The quantitative estimate of drug-likeness (QED) is 0.770. The molecule has 2 N–H and O–H groups in total. The highest BCUT2D eigenvalue weighted by atomic mass is 16.3. The van der Waals surface area contributed by atoms with Gasteiger partial charge in [0.15, 0.2) is 0 Å². The number of nitrogens with one attached hydrogen (secondary N) is 1. The Labute approximate surface area is 89.6 Å². The van der Waals surface area contributed by atoms with Crippen molar-refractivity contribution in [3.63, 3.8) is 0 Å². The number of rotatable bonds is 2. The van der Waals surface area contributed by atoms with Crippen LogP contribution in [0.3, 0.4) is 0 Å². The van der Waals surface area contributed by atoms with E-state index in [1.54, 1.807) is 0 Å². The topological polar surface area (TPSA) is 36.0 Å². The van der Waals surface area contributed by atoms with Crippen LogP contribution >= 0.6 is 0 Å². The van der Waals surface area contributed by atoms with Crippen LogP contribution in [-0.2, 0) is 0 Å². The summed E-state index contributed by atoms with van der Waals surface area (Å²) in [5, 5.41) is 10.1. The first kappa shape index (κ1) is 9.99. The molecule has 0 aliphatic rings. The van der Waals surface area contributed by atoms with E-state index in [0.29, 0.717) is 0 Å². The highest BCUT2D eigenvalue weighted by Crippen LogP contribution is 2.22. The van der Waals surface area contributed by atoms with Gasteiger partial charge in [-0.05, 0) is 31.5 Å². The molecule has 2 nitrogen and oxygen atoms in total. The number of benzene rings is 1. The van der Waals surface area contributed by atoms with Crippen LogP contribution in [0.5, 0.6) is 0 Å². The molecule has 1 heterocycles. The Morgan fingerprint density at radius 2 is 1.80 bits per heavy atom. The number of hydrogen-bond acceptors (Lipinski definition) is 1. The second-order valence-electron chi connectivity index (χ2n) is 3.95. The second kappa shape index (κ2) is 3.91. The van der Waals surface area contributed by atoms with Gasteiger partial charge in [-0.1, -0.05) is 29.3 Å². The van der Waals surface area contributed by atoms with E-state index in [0.717, 1.165) is 11.3 Å². The summed E-state index contributed by atoms with van der Waals surface area (Å²) in [6.07, 6.45) is 1.26. The van der Waals surface area contributed by atoms with E-state index in [2.05, 4.69) is 11.1 Å². The minimum Gasteiger partial charge on any atom is -0.382 e. The maximum absolute atomic E-state index is 10.1. The van der Waals surface area contributed by atoms with Crippen LogP contribution in [0, 0.1) is 13.8 Å². The molecular formula is C13H15NO. The first-order valence-corrected chi connectivity index (χ1v) is 5.06. The summed E-state index contributed by atoms with van der Waals surface area (Å²) in [5.41, 5.74) is 4.13. The maximum atomic E-state index is 10.1. The Kier molecular flexibility index (Phi) is 2.60. The van der Waals surface area contributed by atoms with E-state index in [1.807, 2.05) is 44.3 Å². The van der Waals surface area contributed by atoms with Crippen LogP contribution in [0.15, 0.2) is 36.5 Å². The fourth-order valence-corrected chi connectivity index (χ4v) is 1.86. The second-order valence-corrected chi connectivity index (χ2v) is 3.95. The van der Waals surface area contributed by atoms with Crippen LogP contribution in [0.4, 0.5) is 0 Å². The standard InChI is InChI=1S/C13H15NO/c1-9-6-10(2)8-11(7-9)13(15)12-4-3-5-14-12/h3-8,13-15H,1-2H3. The Morgan fingerprint density at radius 1 is 1.13 bits per heavy atom.